The molecule has 10 heteroatoms. The maximum atomic E-state index is 12.4. The van der Waals surface area contributed by atoms with E-state index < -0.39 is 0 Å². The standard InChI is InChI=1S/C19H29N7O2S/c1-13-12-15(17(28)25(4)5)23-18(21-13)26(19-22-14(2)24-29-19)11-9-7-6-8-10-16(27)20-3/h12H,6-11H2,1-5H3,(H,20,27). The van der Waals surface area contributed by atoms with Gasteiger partial charge in [0.05, 0.1) is 0 Å². The van der Waals surface area contributed by atoms with Crippen molar-refractivity contribution in [3.8, 4) is 0 Å². The summed E-state index contributed by atoms with van der Waals surface area (Å²) in [6.07, 6.45) is 4.24. The number of carbonyl (C=O) groups is 2. The van der Waals surface area contributed by atoms with Crippen molar-refractivity contribution < 1.29 is 9.59 Å². The molecule has 0 radical (unpaired) electrons. The molecule has 0 aliphatic rings. The minimum Gasteiger partial charge on any atom is -0.359 e. The van der Waals surface area contributed by atoms with Crippen molar-refractivity contribution in [1.29, 1.82) is 0 Å². The van der Waals surface area contributed by atoms with Crippen LogP contribution in [0.1, 0.15) is 54.1 Å². The molecule has 0 aliphatic heterocycles. The first kappa shape index (κ1) is 22.7. The minimum atomic E-state index is -0.167. The Morgan fingerprint density at radius 1 is 1.07 bits per heavy atom. The van der Waals surface area contributed by atoms with Gasteiger partial charge in [0.2, 0.25) is 17.0 Å². The van der Waals surface area contributed by atoms with E-state index in [2.05, 4.69) is 24.6 Å². The van der Waals surface area contributed by atoms with Gasteiger partial charge in [-0.2, -0.15) is 4.37 Å². The molecule has 2 rings (SSSR count). The van der Waals surface area contributed by atoms with Gasteiger partial charge in [0.25, 0.3) is 5.91 Å². The summed E-state index contributed by atoms with van der Waals surface area (Å²) in [5.41, 5.74) is 1.08. The van der Waals surface area contributed by atoms with Crippen molar-refractivity contribution in [2.24, 2.45) is 0 Å². The lowest BCUT2D eigenvalue weighted by Gasteiger charge is -2.20. The lowest BCUT2D eigenvalue weighted by molar-refractivity contribution is -0.120. The van der Waals surface area contributed by atoms with Crippen LogP contribution in [-0.4, -0.2) is 63.7 Å². The summed E-state index contributed by atoms with van der Waals surface area (Å²) in [6.45, 7) is 4.35. The fourth-order valence-corrected chi connectivity index (χ4v) is 3.42. The number of aryl methyl sites for hydroxylation is 2. The molecule has 0 unspecified atom stereocenters. The molecule has 0 aromatic carbocycles. The zero-order chi connectivity index (χ0) is 21.4. The van der Waals surface area contributed by atoms with E-state index in [1.54, 1.807) is 27.2 Å². The van der Waals surface area contributed by atoms with Crippen LogP contribution in [0.3, 0.4) is 0 Å². The molecule has 2 heterocycles. The van der Waals surface area contributed by atoms with Crippen LogP contribution in [0.25, 0.3) is 0 Å². The highest BCUT2D eigenvalue weighted by Crippen LogP contribution is 2.25. The molecule has 0 aliphatic carbocycles. The quantitative estimate of drug-likeness (QED) is 0.590. The Kier molecular flexibility index (Phi) is 8.44. The number of unbranched alkanes of at least 4 members (excludes halogenated alkanes) is 3. The van der Waals surface area contributed by atoms with Crippen molar-refractivity contribution in [2.45, 2.75) is 46.0 Å². The summed E-state index contributed by atoms with van der Waals surface area (Å²) in [7, 11) is 5.05. The monoisotopic (exact) mass is 419 g/mol. The number of amides is 2. The Bertz CT molecular complexity index is 838. The molecule has 2 amide bonds. The number of anilines is 2. The smallest absolute Gasteiger partial charge is 0.272 e. The van der Waals surface area contributed by atoms with Crippen LogP contribution in [-0.2, 0) is 4.79 Å². The first-order valence-corrected chi connectivity index (χ1v) is 10.4. The average Bonchev–Trinajstić information content (AvgIpc) is 3.11. The molecule has 0 atom stereocenters. The Balaban J connectivity index is 2.13. The van der Waals surface area contributed by atoms with E-state index >= 15 is 0 Å². The second-order valence-electron chi connectivity index (χ2n) is 7.01. The topological polar surface area (TPSA) is 104 Å². The Morgan fingerprint density at radius 3 is 2.41 bits per heavy atom. The number of nitrogens with one attached hydrogen (secondary N) is 1. The summed E-state index contributed by atoms with van der Waals surface area (Å²) in [4.78, 5) is 40.6. The van der Waals surface area contributed by atoms with Gasteiger partial charge in [-0.15, -0.1) is 0 Å². The van der Waals surface area contributed by atoms with Crippen LogP contribution < -0.4 is 10.2 Å². The maximum Gasteiger partial charge on any atom is 0.272 e. The van der Waals surface area contributed by atoms with Crippen LogP contribution >= 0.6 is 11.5 Å². The van der Waals surface area contributed by atoms with Gasteiger partial charge in [-0.1, -0.05) is 12.8 Å². The molecule has 1 N–H and O–H groups in total. The summed E-state index contributed by atoms with van der Waals surface area (Å²) in [6, 6.07) is 1.69. The second kappa shape index (κ2) is 10.8. The zero-order valence-electron chi connectivity index (χ0n) is 17.7. The van der Waals surface area contributed by atoms with Crippen LogP contribution in [0.4, 0.5) is 11.1 Å². The average molecular weight is 420 g/mol. The van der Waals surface area contributed by atoms with Crippen LogP contribution in [0.5, 0.6) is 0 Å². The molecule has 0 saturated heterocycles. The molecule has 0 bridgehead atoms. The van der Waals surface area contributed by atoms with Crippen LogP contribution in [0.15, 0.2) is 6.07 Å². The minimum absolute atomic E-state index is 0.0715. The number of hydrogen-bond acceptors (Lipinski definition) is 8. The van der Waals surface area contributed by atoms with Crippen LogP contribution in [0, 0.1) is 13.8 Å². The first-order valence-electron chi connectivity index (χ1n) is 9.67. The third-order valence-electron chi connectivity index (χ3n) is 4.27. The molecule has 0 spiro atoms. The van der Waals surface area contributed by atoms with E-state index in [-0.39, 0.29) is 11.8 Å². The van der Waals surface area contributed by atoms with Gasteiger partial charge >= 0.3 is 0 Å². The SMILES string of the molecule is CNC(=O)CCCCCCN(c1nc(C)cc(C(=O)N(C)C)n1)c1nc(C)ns1. The third-order valence-corrected chi connectivity index (χ3v) is 5.10. The van der Waals surface area contributed by atoms with Gasteiger partial charge in [-0.25, -0.2) is 15.0 Å². The highest BCUT2D eigenvalue weighted by Gasteiger charge is 2.20. The van der Waals surface area contributed by atoms with Gasteiger partial charge in [0, 0.05) is 51.3 Å². The highest BCUT2D eigenvalue weighted by molar-refractivity contribution is 7.09. The molecule has 0 saturated carbocycles. The van der Waals surface area contributed by atoms with Gasteiger partial charge in [0.1, 0.15) is 11.5 Å². The normalized spacial score (nSPS) is 10.7. The third kappa shape index (κ3) is 6.74. The predicted octanol–water partition coefficient (Wildman–Crippen LogP) is 2.48. The summed E-state index contributed by atoms with van der Waals surface area (Å²) in [5.74, 6) is 1.05. The number of hydrogen-bond donors (Lipinski definition) is 1. The number of nitrogens with zero attached hydrogens (tertiary/aromatic N) is 6. The summed E-state index contributed by atoms with van der Waals surface area (Å²) >= 11 is 1.29. The molecule has 2 aromatic heterocycles. The second-order valence-corrected chi connectivity index (χ2v) is 7.74. The van der Waals surface area contributed by atoms with E-state index in [9.17, 15) is 9.59 Å². The van der Waals surface area contributed by atoms with Gasteiger partial charge < -0.3 is 10.2 Å². The number of rotatable bonds is 10. The molecular formula is C19H29N7O2S. The molecule has 158 valence electrons. The van der Waals surface area contributed by atoms with Crippen molar-refractivity contribution in [3.05, 3.63) is 23.3 Å². The number of carbonyl (C=O) groups excluding carboxylic acids is 2. The molecule has 2 aromatic rings. The fraction of sp³-hybridized carbons (Fsp3) is 0.579. The molecular weight excluding hydrogens is 390 g/mol. The first-order chi connectivity index (χ1) is 13.8. The maximum absolute atomic E-state index is 12.4. The zero-order valence-corrected chi connectivity index (χ0v) is 18.5. The van der Waals surface area contributed by atoms with Gasteiger partial charge in [-0.3, -0.25) is 14.5 Å². The largest absolute Gasteiger partial charge is 0.359 e. The molecule has 29 heavy (non-hydrogen) atoms. The molecule has 0 fully saturated rings. The lowest BCUT2D eigenvalue weighted by atomic mass is 10.1. The molecule has 9 nitrogen and oxygen atoms in total. The Morgan fingerprint density at radius 2 is 1.79 bits per heavy atom. The van der Waals surface area contributed by atoms with E-state index in [1.807, 2.05) is 18.7 Å². The van der Waals surface area contributed by atoms with Crippen molar-refractivity contribution in [3.63, 3.8) is 0 Å². The number of aromatic nitrogens is 4. The van der Waals surface area contributed by atoms with Crippen LogP contribution in [0.2, 0.25) is 0 Å². The summed E-state index contributed by atoms with van der Waals surface area (Å²) < 4.78 is 4.27. The van der Waals surface area contributed by atoms with Gasteiger partial charge in [0.15, 0.2) is 0 Å². The van der Waals surface area contributed by atoms with E-state index in [1.165, 1.54) is 16.4 Å². The Labute approximate surface area is 175 Å². The summed E-state index contributed by atoms with van der Waals surface area (Å²) in [5, 5.41) is 3.35. The fourth-order valence-electron chi connectivity index (χ4n) is 2.72. The van der Waals surface area contributed by atoms with Crippen molar-refractivity contribution in [1.82, 2.24) is 29.5 Å². The van der Waals surface area contributed by atoms with E-state index in [0.29, 0.717) is 35.6 Å². The lowest BCUT2D eigenvalue weighted by Crippen LogP contribution is -2.26. The van der Waals surface area contributed by atoms with Gasteiger partial charge in [-0.05, 0) is 32.8 Å². The van der Waals surface area contributed by atoms with Crippen molar-refractivity contribution >= 4 is 34.4 Å². The van der Waals surface area contributed by atoms with E-state index in [4.69, 9.17) is 0 Å². The highest BCUT2D eigenvalue weighted by atomic mass is 32.1. The van der Waals surface area contributed by atoms with E-state index in [0.717, 1.165) is 31.4 Å². The predicted molar refractivity (Wildman–Crippen MR) is 114 cm³/mol. The van der Waals surface area contributed by atoms with Crippen molar-refractivity contribution in [2.75, 3.05) is 32.6 Å². The Hall–Kier alpha value is -2.62.